The molecule has 0 saturated carbocycles. The fraction of sp³-hybridized carbons (Fsp3) is 0.238. The zero-order valence-electron chi connectivity index (χ0n) is 16.6. The Kier molecular flexibility index (Phi) is 5.18. The zero-order chi connectivity index (χ0) is 20.8. The molecular weight excluding hydrogens is 422 g/mol. The van der Waals surface area contributed by atoms with Gasteiger partial charge in [-0.3, -0.25) is 0 Å². The van der Waals surface area contributed by atoms with Crippen LogP contribution in [0.3, 0.4) is 0 Å². The number of benzene rings is 1. The molecule has 29 heavy (non-hydrogen) atoms. The smallest absolute Gasteiger partial charge is 0.175 e. The molecule has 150 valence electrons. The minimum absolute atomic E-state index is 0.0440. The molecule has 0 aliphatic carbocycles. The lowest BCUT2D eigenvalue weighted by Gasteiger charge is -2.17. The van der Waals surface area contributed by atoms with Crippen LogP contribution in [-0.4, -0.2) is 24.6 Å². The summed E-state index contributed by atoms with van der Waals surface area (Å²) >= 11 is 3.30. The Morgan fingerprint density at radius 1 is 1.07 bits per heavy atom. The number of hydrogen-bond acceptors (Lipinski definition) is 7. The predicted molar refractivity (Wildman–Crippen MR) is 122 cm³/mol. The number of fused-ring (bicyclic) bond motifs is 1. The van der Waals surface area contributed by atoms with Crippen LogP contribution in [-0.2, 0) is 9.84 Å². The molecule has 0 bridgehead atoms. The van der Waals surface area contributed by atoms with E-state index in [1.54, 1.807) is 34.8 Å². The molecule has 0 amide bonds. The van der Waals surface area contributed by atoms with E-state index in [0.29, 0.717) is 4.90 Å². The largest absolute Gasteiger partial charge is 0.363 e. The quantitative estimate of drug-likeness (QED) is 0.434. The van der Waals surface area contributed by atoms with Crippen LogP contribution in [0, 0.1) is 13.8 Å². The van der Waals surface area contributed by atoms with E-state index < -0.39 is 9.84 Å². The van der Waals surface area contributed by atoms with E-state index in [1.807, 2.05) is 36.6 Å². The third kappa shape index (κ3) is 3.92. The lowest BCUT2D eigenvalue weighted by molar-refractivity contribution is 0.602. The van der Waals surface area contributed by atoms with Crippen molar-refractivity contribution in [3.05, 3.63) is 57.8 Å². The highest BCUT2D eigenvalue weighted by atomic mass is 32.2. The van der Waals surface area contributed by atoms with Crippen molar-refractivity contribution in [1.29, 1.82) is 0 Å². The summed E-state index contributed by atoms with van der Waals surface area (Å²) in [5.74, 6) is 1.52. The van der Waals surface area contributed by atoms with Crippen molar-refractivity contribution in [3.8, 4) is 10.7 Å². The number of thiophene rings is 2. The van der Waals surface area contributed by atoms with Crippen molar-refractivity contribution in [3.63, 3.8) is 0 Å². The molecule has 3 aromatic heterocycles. The van der Waals surface area contributed by atoms with Gasteiger partial charge in [-0.2, -0.15) is 0 Å². The Morgan fingerprint density at radius 3 is 2.41 bits per heavy atom. The van der Waals surface area contributed by atoms with E-state index in [1.165, 1.54) is 16.7 Å². The molecule has 0 aliphatic rings. The summed E-state index contributed by atoms with van der Waals surface area (Å²) < 4.78 is 23.4. The van der Waals surface area contributed by atoms with Gasteiger partial charge >= 0.3 is 0 Å². The number of aryl methyl sites for hydroxylation is 2. The first-order valence-electron chi connectivity index (χ1n) is 9.12. The predicted octanol–water partition coefficient (Wildman–Crippen LogP) is 5.61. The van der Waals surface area contributed by atoms with Crippen LogP contribution in [0.25, 0.3) is 20.9 Å². The van der Waals surface area contributed by atoms with E-state index in [-0.39, 0.29) is 6.04 Å². The average Bonchev–Trinajstić information content (AvgIpc) is 3.30. The van der Waals surface area contributed by atoms with Crippen LogP contribution in [0.2, 0.25) is 0 Å². The maximum absolute atomic E-state index is 11.7. The SMILES string of the molecule is Cc1sc2nc(-c3cccs3)nc(N[C@@H](C)c3ccc(S(C)(=O)=O)cc3)c2c1C. The van der Waals surface area contributed by atoms with Gasteiger partial charge in [-0.25, -0.2) is 18.4 Å². The Bertz CT molecular complexity index is 1280. The summed E-state index contributed by atoms with van der Waals surface area (Å²) in [7, 11) is -3.21. The Labute approximate surface area is 178 Å². The summed E-state index contributed by atoms with van der Waals surface area (Å²) in [6.07, 6.45) is 1.22. The monoisotopic (exact) mass is 443 g/mol. The normalized spacial score (nSPS) is 13.0. The first-order chi connectivity index (χ1) is 13.7. The molecule has 0 radical (unpaired) electrons. The maximum Gasteiger partial charge on any atom is 0.175 e. The lowest BCUT2D eigenvalue weighted by Crippen LogP contribution is -2.09. The molecule has 0 aliphatic heterocycles. The van der Waals surface area contributed by atoms with Crippen molar-refractivity contribution in [1.82, 2.24) is 9.97 Å². The van der Waals surface area contributed by atoms with E-state index in [0.717, 1.165) is 32.3 Å². The highest BCUT2D eigenvalue weighted by Crippen LogP contribution is 2.37. The standard InChI is InChI=1S/C21H21N3O2S3/c1-12-14(3)28-21-18(12)20(23-19(24-21)17-6-5-11-27-17)22-13(2)15-7-9-16(10-8-15)29(4,25)26/h5-11,13H,1-4H3,(H,22,23,24)/t13-/m0/s1. The second kappa shape index (κ2) is 7.51. The highest BCUT2D eigenvalue weighted by Gasteiger charge is 2.18. The van der Waals surface area contributed by atoms with Crippen molar-refractivity contribution < 1.29 is 8.42 Å². The van der Waals surface area contributed by atoms with Gasteiger partial charge < -0.3 is 5.32 Å². The van der Waals surface area contributed by atoms with Crippen molar-refractivity contribution in [2.45, 2.75) is 31.7 Å². The van der Waals surface area contributed by atoms with Gasteiger partial charge in [0.05, 0.1) is 15.2 Å². The Morgan fingerprint density at radius 2 is 1.79 bits per heavy atom. The van der Waals surface area contributed by atoms with Gasteiger partial charge in [-0.15, -0.1) is 22.7 Å². The van der Waals surface area contributed by atoms with E-state index in [2.05, 4.69) is 19.2 Å². The first-order valence-corrected chi connectivity index (χ1v) is 12.7. The van der Waals surface area contributed by atoms with Crippen LogP contribution in [0.5, 0.6) is 0 Å². The van der Waals surface area contributed by atoms with Crippen LogP contribution in [0.1, 0.15) is 29.0 Å². The number of nitrogens with one attached hydrogen (secondary N) is 1. The summed E-state index contributed by atoms with van der Waals surface area (Å²) in [6.45, 7) is 6.24. The molecule has 4 aromatic rings. The number of sulfone groups is 1. The molecule has 8 heteroatoms. The molecule has 1 aromatic carbocycles. The molecule has 0 fully saturated rings. The van der Waals surface area contributed by atoms with Crippen LogP contribution in [0.15, 0.2) is 46.7 Å². The van der Waals surface area contributed by atoms with Gasteiger partial charge in [-0.1, -0.05) is 18.2 Å². The summed E-state index contributed by atoms with van der Waals surface area (Å²) in [5, 5.41) is 6.60. The average molecular weight is 444 g/mol. The molecule has 0 saturated heterocycles. The Hall–Kier alpha value is -2.29. The fourth-order valence-electron chi connectivity index (χ4n) is 3.16. The number of anilines is 1. The van der Waals surface area contributed by atoms with Crippen LogP contribution in [0.4, 0.5) is 5.82 Å². The summed E-state index contributed by atoms with van der Waals surface area (Å²) in [4.78, 5) is 13.2. The van der Waals surface area contributed by atoms with Gasteiger partial charge in [0.15, 0.2) is 15.7 Å². The van der Waals surface area contributed by atoms with Gasteiger partial charge in [0, 0.05) is 17.2 Å². The minimum atomic E-state index is -3.21. The van der Waals surface area contributed by atoms with Crippen molar-refractivity contribution >= 4 is 48.5 Å². The minimum Gasteiger partial charge on any atom is -0.363 e. The zero-order valence-corrected chi connectivity index (χ0v) is 19.0. The maximum atomic E-state index is 11.7. The number of nitrogens with zero attached hydrogens (tertiary/aromatic N) is 2. The lowest BCUT2D eigenvalue weighted by atomic mass is 10.1. The second-order valence-electron chi connectivity index (χ2n) is 7.04. The molecule has 1 N–H and O–H groups in total. The topological polar surface area (TPSA) is 72.0 Å². The van der Waals surface area contributed by atoms with Crippen molar-refractivity contribution in [2.75, 3.05) is 11.6 Å². The third-order valence-corrected chi connectivity index (χ3v) is 8.03. The van der Waals surface area contributed by atoms with Gasteiger partial charge in [-0.05, 0) is 55.5 Å². The van der Waals surface area contributed by atoms with Gasteiger partial charge in [0.25, 0.3) is 0 Å². The van der Waals surface area contributed by atoms with E-state index in [9.17, 15) is 8.42 Å². The van der Waals surface area contributed by atoms with Gasteiger partial charge in [0.2, 0.25) is 0 Å². The first kappa shape index (κ1) is 20.0. The second-order valence-corrected chi connectivity index (χ2v) is 11.2. The molecule has 0 spiro atoms. The molecule has 4 rings (SSSR count). The molecular formula is C21H21N3O2S3. The summed E-state index contributed by atoms with van der Waals surface area (Å²) in [6, 6.07) is 11.0. The van der Waals surface area contributed by atoms with Gasteiger partial charge in [0.1, 0.15) is 10.6 Å². The van der Waals surface area contributed by atoms with Crippen LogP contribution < -0.4 is 5.32 Å². The Balaban J connectivity index is 1.74. The number of rotatable bonds is 5. The number of aromatic nitrogens is 2. The van der Waals surface area contributed by atoms with Crippen LogP contribution >= 0.6 is 22.7 Å². The van der Waals surface area contributed by atoms with E-state index >= 15 is 0 Å². The molecule has 0 unspecified atom stereocenters. The molecule has 5 nitrogen and oxygen atoms in total. The summed E-state index contributed by atoms with van der Waals surface area (Å²) in [5.41, 5.74) is 2.18. The number of hydrogen-bond donors (Lipinski definition) is 1. The van der Waals surface area contributed by atoms with E-state index in [4.69, 9.17) is 9.97 Å². The fourth-order valence-corrected chi connectivity index (χ4v) is 5.48. The van der Waals surface area contributed by atoms with Crippen molar-refractivity contribution in [2.24, 2.45) is 0 Å². The highest BCUT2D eigenvalue weighted by molar-refractivity contribution is 7.90. The molecule has 1 atom stereocenters. The third-order valence-electron chi connectivity index (χ3n) is 4.93. The molecule has 3 heterocycles.